The second kappa shape index (κ2) is 6.94. The highest BCUT2D eigenvalue weighted by Crippen LogP contribution is 2.36. The fraction of sp³-hybridized carbons (Fsp3) is 0.214. The molecule has 0 spiro atoms. The lowest BCUT2D eigenvalue weighted by Crippen LogP contribution is -2.31. The Morgan fingerprint density at radius 3 is 2.52 bits per heavy atom. The maximum Gasteiger partial charge on any atom is 0.328 e. The number of carbonyl (C=O) groups is 2. The van der Waals surface area contributed by atoms with E-state index in [4.69, 9.17) is 10.2 Å². The number of carboxylic acids is 2. The van der Waals surface area contributed by atoms with E-state index in [1.54, 1.807) is 0 Å². The summed E-state index contributed by atoms with van der Waals surface area (Å²) in [5.74, 6) is -0.222. The van der Waals surface area contributed by atoms with Crippen LogP contribution in [0.25, 0.3) is 0 Å². The van der Waals surface area contributed by atoms with Crippen LogP contribution in [0, 0.1) is 0 Å². The zero-order valence-corrected chi connectivity index (χ0v) is 11.9. The number of benzene rings is 1. The van der Waals surface area contributed by atoms with E-state index in [-0.39, 0.29) is 0 Å². The third kappa shape index (κ3) is 4.09. The second-order valence-electron chi connectivity index (χ2n) is 4.22. The highest BCUT2D eigenvalue weighted by molar-refractivity contribution is 8.00. The number of para-hydroxylation sites is 1. The minimum atomic E-state index is -1.26. The van der Waals surface area contributed by atoms with Gasteiger partial charge < -0.3 is 15.1 Å². The first-order valence-corrected chi connectivity index (χ1v) is 7.23. The van der Waals surface area contributed by atoms with Gasteiger partial charge in [0.1, 0.15) is 5.84 Å². The number of fused-ring (bicyclic) bond motifs is 3. The molecule has 2 N–H and O–H groups in total. The summed E-state index contributed by atoms with van der Waals surface area (Å²) < 4.78 is 0. The quantitative estimate of drug-likeness (QED) is 0.809. The van der Waals surface area contributed by atoms with Gasteiger partial charge in [0.2, 0.25) is 0 Å². The number of aliphatic carboxylic acids is 2. The van der Waals surface area contributed by atoms with Gasteiger partial charge in [-0.05, 0) is 12.1 Å². The number of amidine groups is 1. The molecule has 0 radical (unpaired) electrons. The van der Waals surface area contributed by atoms with Crippen LogP contribution in [0.2, 0.25) is 0 Å². The molecule has 0 amide bonds. The van der Waals surface area contributed by atoms with E-state index < -0.39 is 11.9 Å². The van der Waals surface area contributed by atoms with Crippen molar-refractivity contribution in [3.63, 3.8) is 0 Å². The monoisotopic (exact) mass is 306 g/mol. The van der Waals surface area contributed by atoms with Crippen molar-refractivity contribution in [3.05, 3.63) is 36.4 Å². The van der Waals surface area contributed by atoms with Gasteiger partial charge in [-0.3, -0.25) is 4.99 Å². The Hall–Kier alpha value is -2.28. The smallest absolute Gasteiger partial charge is 0.328 e. The number of aliphatic imine (C=N–C) groups is 1. The molecule has 0 saturated heterocycles. The molecule has 110 valence electrons. The van der Waals surface area contributed by atoms with Crippen molar-refractivity contribution < 1.29 is 19.8 Å². The summed E-state index contributed by atoms with van der Waals surface area (Å²) in [4.78, 5) is 27.3. The van der Waals surface area contributed by atoms with Crippen molar-refractivity contribution in [3.8, 4) is 0 Å². The van der Waals surface area contributed by atoms with E-state index in [2.05, 4.69) is 34.2 Å². The van der Waals surface area contributed by atoms with Crippen LogP contribution in [0.15, 0.2) is 46.3 Å². The van der Waals surface area contributed by atoms with Crippen LogP contribution in [-0.2, 0) is 9.59 Å². The molecule has 7 heteroatoms. The first-order chi connectivity index (χ1) is 10.1. The van der Waals surface area contributed by atoms with Gasteiger partial charge in [0, 0.05) is 23.6 Å². The SMILES string of the molecule is O=C(O)/C=C/C(=O)O.c1ccc2c(c1)SCC1=NCCN12. The van der Waals surface area contributed by atoms with Crippen LogP contribution in [0.4, 0.5) is 5.69 Å². The molecule has 0 bridgehead atoms. The number of anilines is 1. The van der Waals surface area contributed by atoms with Gasteiger partial charge in [-0.25, -0.2) is 9.59 Å². The van der Waals surface area contributed by atoms with Gasteiger partial charge in [0.05, 0.1) is 18.0 Å². The van der Waals surface area contributed by atoms with Gasteiger partial charge in [0.15, 0.2) is 0 Å². The molecule has 21 heavy (non-hydrogen) atoms. The molecule has 1 aromatic carbocycles. The Balaban J connectivity index is 0.000000177. The third-order valence-electron chi connectivity index (χ3n) is 2.81. The molecule has 0 aromatic heterocycles. The molecule has 2 heterocycles. The van der Waals surface area contributed by atoms with Crippen molar-refractivity contribution >= 4 is 35.2 Å². The molecule has 0 unspecified atom stereocenters. The lowest BCUT2D eigenvalue weighted by molar-refractivity contribution is -0.134. The standard InChI is InChI=1S/C10H10N2S.C4H4O4/c1-2-4-9-8(3-1)12-6-5-11-10(12)7-13-9;5-3(6)1-2-4(7)8/h1-4H,5-7H2;1-2H,(H,5,6)(H,7,8)/b;2-1+. The summed E-state index contributed by atoms with van der Waals surface area (Å²) in [6.07, 6.45) is 1.12. The van der Waals surface area contributed by atoms with E-state index in [9.17, 15) is 9.59 Å². The number of hydrogen-bond donors (Lipinski definition) is 2. The van der Waals surface area contributed by atoms with E-state index in [0.717, 1.165) is 18.8 Å². The Morgan fingerprint density at radius 2 is 1.86 bits per heavy atom. The predicted molar refractivity (Wildman–Crippen MR) is 81.2 cm³/mol. The van der Waals surface area contributed by atoms with Crippen molar-refractivity contribution in [2.75, 3.05) is 23.7 Å². The van der Waals surface area contributed by atoms with Crippen LogP contribution in [-0.4, -0.2) is 46.8 Å². The summed E-state index contributed by atoms with van der Waals surface area (Å²) in [5.41, 5.74) is 1.34. The lowest BCUT2D eigenvalue weighted by Gasteiger charge is -2.27. The van der Waals surface area contributed by atoms with Crippen LogP contribution in [0.3, 0.4) is 0 Å². The molecule has 0 saturated carbocycles. The maximum absolute atomic E-state index is 9.55. The van der Waals surface area contributed by atoms with Crippen molar-refractivity contribution in [2.24, 2.45) is 4.99 Å². The maximum atomic E-state index is 9.55. The predicted octanol–water partition coefficient (Wildman–Crippen LogP) is 1.72. The Bertz CT molecular complexity index is 597. The highest BCUT2D eigenvalue weighted by atomic mass is 32.2. The molecule has 3 rings (SSSR count). The fourth-order valence-electron chi connectivity index (χ4n) is 1.96. The Labute approximate surface area is 125 Å². The molecule has 0 aliphatic carbocycles. The van der Waals surface area contributed by atoms with Crippen LogP contribution in [0.5, 0.6) is 0 Å². The number of rotatable bonds is 2. The second-order valence-corrected chi connectivity index (χ2v) is 5.23. The molecular weight excluding hydrogens is 292 g/mol. The number of hydrogen-bond acceptors (Lipinski definition) is 5. The zero-order chi connectivity index (χ0) is 15.2. The topological polar surface area (TPSA) is 90.2 Å². The van der Waals surface area contributed by atoms with Gasteiger partial charge in [-0.15, -0.1) is 11.8 Å². The number of carboxylic acid groups (broad SMARTS) is 2. The molecule has 0 atom stereocenters. The molecule has 6 nitrogen and oxygen atoms in total. The first-order valence-electron chi connectivity index (χ1n) is 6.24. The number of thioether (sulfide) groups is 1. The van der Waals surface area contributed by atoms with Crippen molar-refractivity contribution in [2.45, 2.75) is 4.90 Å². The average Bonchev–Trinajstić information content (AvgIpc) is 2.95. The fourth-order valence-corrected chi connectivity index (χ4v) is 3.00. The average molecular weight is 306 g/mol. The first kappa shape index (κ1) is 15.1. The number of nitrogens with zero attached hydrogens (tertiary/aromatic N) is 2. The normalized spacial score (nSPS) is 15.6. The van der Waals surface area contributed by atoms with Gasteiger partial charge in [0.25, 0.3) is 0 Å². The summed E-state index contributed by atoms with van der Waals surface area (Å²) in [6.45, 7) is 2.02. The lowest BCUT2D eigenvalue weighted by atomic mass is 10.3. The largest absolute Gasteiger partial charge is 0.478 e. The minimum Gasteiger partial charge on any atom is -0.478 e. The zero-order valence-electron chi connectivity index (χ0n) is 11.1. The summed E-state index contributed by atoms with van der Waals surface area (Å²) in [7, 11) is 0. The van der Waals surface area contributed by atoms with Crippen molar-refractivity contribution in [1.29, 1.82) is 0 Å². The Morgan fingerprint density at radius 1 is 1.19 bits per heavy atom. The van der Waals surface area contributed by atoms with E-state index >= 15 is 0 Å². The molecule has 1 aromatic rings. The van der Waals surface area contributed by atoms with Crippen molar-refractivity contribution in [1.82, 2.24) is 0 Å². The van der Waals surface area contributed by atoms with Gasteiger partial charge >= 0.3 is 11.9 Å². The summed E-state index contributed by atoms with van der Waals surface area (Å²) in [5, 5.41) is 15.6. The third-order valence-corrected chi connectivity index (χ3v) is 3.87. The van der Waals surface area contributed by atoms with E-state index in [0.29, 0.717) is 12.2 Å². The van der Waals surface area contributed by atoms with Crippen LogP contribution in [0.1, 0.15) is 0 Å². The van der Waals surface area contributed by atoms with Gasteiger partial charge in [-0.1, -0.05) is 12.1 Å². The molecule has 0 fully saturated rings. The highest BCUT2D eigenvalue weighted by Gasteiger charge is 2.25. The minimum absolute atomic E-state index is 0.558. The summed E-state index contributed by atoms with van der Waals surface area (Å²) in [6, 6.07) is 8.57. The summed E-state index contributed by atoms with van der Waals surface area (Å²) >= 11 is 1.89. The van der Waals surface area contributed by atoms with Gasteiger partial charge in [-0.2, -0.15) is 0 Å². The Kier molecular flexibility index (Phi) is 4.99. The van der Waals surface area contributed by atoms with Crippen LogP contribution < -0.4 is 4.90 Å². The van der Waals surface area contributed by atoms with E-state index in [1.807, 2.05) is 11.8 Å². The van der Waals surface area contributed by atoms with E-state index in [1.165, 1.54) is 16.4 Å². The molecule has 2 aliphatic rings. The molecular formula is C14H14N2O4S. The van der Waals surface area contributed by atoms with Crippen LogP contribution >= 0.6 is 11.8 Å². The molecule has 2 aliphatic heterocycles.